The lowest BCUT2D eigenvalue weighted by Crippen LogP contribution is -2.09. The molecule has 0 atom stereocenters. The highest BCUT2D eigenvalue weighted by atomic mass is 32.1. The maximum absolute atomic E-state index is 11.0. The Morgan fingerprint density at radius 1 is 1.45 bits per heavy atom. The second-order valence-electron chi connectivity index (χ2n) is 4.28. The van der Waals surface area contributed by atoms with Gasteiger partial charge in [0.2, 0.25) is 5.91 Å². The van der Waals surface area contributed by atoms with E-state index in [2.05, 4.69) is 5.32 Å². The van der Waals surface area contributed by atoms with Gasteiger partial charge in [-0.3, -0.25) is 14.9 Å². The molecule has 0 aliphatic carbocycles. The first-order valence-electron chi connectivity index (χ1n) is 5.83. The Balaban J connectivity index is 2.06. The minimum Gasteiger partial charge on any atom is -0.380 e. The summed E-state index contributed by atoms with van der Waals surface area (Å²) >= 11 is 1.44. The van der Waals surface area contributed by atoms with Crippen LogP contribution in [0.5, 0.6) is 0 Å². The molecule has 7 heteroatoms. The lowest BCUT2D eigenvalue weighted by Gasteiger charge is -2.08. The van der Waals surface area contributed by atoms with E-state index >= 15 is 0 Å². The predicted octanol–water partition coefficient (Wildman–Crippen LogP) is 2.68. The summed E-state index contributed by atoms with van der Waals surface area (Å²) in [5, 5.41) is 15.5. The number of anilines is 1. The molecule has 0 fully saturated rings. The molecule has 3 N–H and O–H groups in total. The second-order valence-corrected chi connectivity index (χ2v) is 5.27. The van der Waals surface area contributed by atoms with E-state index in [0.29, 0.717) is 12.1 Å². The van der Waals surface area contributed by atoms with Crippen LogP contribution >= 0.6 is 11.3 Å². The first-order chi connectivity index (χ1) is 9.47. The minimum atomic E-state index is -0.445. The van der Waals surface area contributed by atoms with E-state index < -0.39 is 10.8 Å². The van der Waals surface area contributed by atoms with Gasteiger partial charge in [0.15, 0.2) is 0 Å². The number of nitro benzene ring substituents is 1. The van der Waals surface area contributed by atoms with Crippen LogP contribution < -0.4 is 11.1 Å². The van der Waals surface area contributed by atoms with E-state index in [1.54, 1.807) is 24.4 Å². The van der Waals surface area contributed by atoms with Crippen molar-refractivity contribution in [2.24, 2.45) is 5.73 Å². The molecule has 0 saturated heterocycles. The van der Waals surface area contributed by atoms with Gasteiger partial charge in [0.1, 0.15) is 0 Å². The molecule has 104 valence electrons. The molecule has 2 rings (SSSR count). The Morgan fingerprint density at radius 2 is 2.20 bits per heavy atom. The van der Waals surface area contributed by atoms with Crippen molar-refractivity contribution in [3.8, 4) is 0 Å². The summed E-state index contributed by atoms with van der Waals surface area (Å²) in [6, 6.07) is 6.39. The van der Waals surface area contributed by atoms with Crippen molar-refractivity contribution in [3.63, 3.8) is 0 Å². The number of primary amides is 1. The van der Waals surface area contributed by atoms with Crippen LogP contribution in [0.4, 0.5) is 11.4 Å². The molecule has 0 unspecified atom stereocenters. The number of non-ortho nitro benzene ring substituents is 1. The van der Waals surface area contributed by atoms with Gasteiger partial charge in [0.05, 0.1) is 10.5 Å². The molecule has 0 spiro atoms. The van der Waals surface area contributed by atoms with Crippen molar-refractivity contribution < 1.29 is 9.72 Å². The first-order valence-corrected chi connectivity index (χ1v) is 6.71. The zero-order valence-electron chi connectivity index (χ0n) is 10.8. The Morgan fingerprint density at radius 3 is 2.75 bits per heavy atom. The third kappa shape index (κ3) is 3.12. The number of nitrogens with one attached hydrogen (secondary N) is 1. The fourth-order valence-electron chi connectivity index (χ4n) is 1.74. The van der Waals surface area contributed by atoms with Crippen LogP contribution in [0.2, 0.25) is 0 Å². The monoisotopic (exact) mass is 291 g/mol. The number of carbonyl (C=O) groups is 1. The molecule has 2 aromatic rings. The summed E-state index contributed by atoms with van der Waals surface area (Å²) in [5.41, 5.74) is 7.37. The summed E-state index contributed by atoms with van der Waals surface area (Å²) in [6.07, 6.45) is 0. The average Bonchev–Trinajstić information content (AvgIpc) is 2.86. The van der Waals surface area contributed by atoms with E-state index in [4.69, 9.17) is 5.73 Å². The van der Waals surface area contributed by atoms with Gasteiger partial charge in [0, 0.05) is 34.6 Å². The van der Waals surface area contributed by atoms with Gasteiger partial charge in [-0.1, -0.05) is 0 Å². The number of rotatable bonds is 5. The third-order valence-corrected chi connectivity index (χ3v) is 3.75. The molecule has 0 aliphatic heterocycles. The molecule has 20 heavy (non-hydrogen) atoms. The summed E-state index contributed by atoms with van der Waals surface area (Å²) in [6.45, 7) is 2.34. The molecular formula is C13H13N3O3S. The lowest BCUT2D eigenvalue weighted by atomic mass is 10.2. The Hall–Kier alpha value is -2.41. The topological polar surface area (TPSA) is 98.3 Å². The molecule has 1 heterocycles. The SMILES string of the molecule is Cc1cc([N+](=O)[O-])ccc1NCc1cc(C(N)=O)cs1. The van der Waals surface area contributed by atoms with Gasteiger partial charge in [-0.05, 0) is 24.6 Å². The number of benzene rings is 1. The first kappa shape index (κ1) is 14.0. The van der Waals surface area contributed by atoms with E-state index in [-0.39, 0.29) is 5.69 Å². The number of aryl methyl sites for hydroxylation is 1. The predicted molar refractivity (Wildman–Crippen MR) is 78.0 cm³/mol. The molecule has 1 amide bonds. The van der Waals surface area contributed by atoms with Gasteiger partial charge in [-0.15, -0.1) is 11.3 Å². The number of nitrogens with two attached hydrogens (primary N) is 1. The normalized spacial score (nSPS) is 10.2. The van der Waals surface area contributed by atoms with Crippen LogP contribution in [0.15, 0.2) is 29.6 Å². The van der Waals surface area contributed by atoms with E-state index in [1.807, 2.05) is 0 Å². The molecule has 0 aliphatic rings. The van der Waals surface area contributed by atoms with Gasteiger partial charge in [-0.2, -0.15) is 0 Å². The van der Waals surface area contributed by atoms with E-state index in [1.165, 1.54) is 23.5 Å². The molecule has 1 aromatic carbocycles. The average molecular weight is 291 g/mol. The van der Waals surface area contributed by atoms with Gasteiger partial charge in [-0.25, -0.2) is 0 Å². The van der Waals surface area contributed by atoms with Crippen molar-refractivity contribution in [2.45, 2.75) is 13.5 Å². The zero-order valence-corrected chi connectivity index (χ0v) is 11.6. The van der Waals surface area contributed by atoms with Crippen LogP contribution in [0.3, 0.4) is 0 Å². The molecule has 0 saturated carbocycles. The highest BCUT2D eigenvalue weighted by Gasteiger charge is 2.09. The molecule has 0 radical (unpaired) electrons. The van der Waals surface area contributed by atoms with Crippen molar-refractivity contribution >= 4 is 28.6 Å². The molecular weight excluding hydrogens is 278 g/mol. The number of carbonyl (C=O) groups excluding carboxylic acids is 1. The number of hydrogen-bond acceptors (Lipinski definition) is 5. The summed E-state index contributed by atoms with van der Waals surface area (Å²) in [7, 11) is 0. The minimum absolute atomic E-state index is 0.0696. The van der Waals surface area contributed by atoms with Crippen molar-refractivity contribution in [2.75, 3.05) is 5.32 Å². The molecule has 1 aromatic heterocycles. The van der Waals surface area contributed by atoms with E-state index in [0.717, 1.165) is 16.1 Å². The van der Waals surface area contributed by atoms with E-state index in [9.17, 15) is 14.9 Å². The lowest BCUT2D eigenvalue weighted by molar-refractivity contribution is -0.384. The Labute approximate surface area is 119 Å². The van der Waals surface area contributed by atoms with Crippen LogP contribution in [-0.2, 0) is 6.54 Å². The second kappa shape index (κ2) is 5.70. The number of thiophene rings is 1. The number of nitro groups is 1. The fourth-order valence-corrected chi connectivity index (χ4v) is 2.56. The highest BCUT2D eigenvalue weighted by molar-refractivity contribution is 7.10. The third-order valence-electron chi connectivity index (χ3n) is 2.81. The smallest absolute Gasteiger partial charge is 0.269 e. The maximum atomic E-state index is 11.0. The van der Waals surface area contributed by atoms with Gasteiger partial charge >= 0.3 is 0 Å². The molecule has 0 bridgehead atoms. The molecule has 6 nitrogen and oxygen atoms in total. The Bertz CT molecular complexity index is 667. The number of hydrogen-bond donors (Lipinski definition) is 2. The zero-order chi connectivity index (χ0) is 14.7. The van der Waals surface area contributed by atoms with Gasteiger partial charge < -0.3 is 11.1 Å². The standard InChI is InChI=1S/C13H13N3O3S/c1-8-4-10(16(18)19)2-3-12(8)15-6-11-5-9(7-20-11)13(14)17/h2-5,7,15H,6H2,1H3,(H2,14,17). The highest BCUT2D eigenvalue weighted by Crippen LogP contribution is 2.23. The quantitative estimate of drug-likeness (QED) is 0.653. The summed E-state index contributed by atoms with van der Waals surface area (Å²) in [4.78, 5) is 22.2. The van der Waals surface area contributed by atoms with Crippen molar-refractivity contribution in [3.05, 3.63) is 55.8 Å². The van der Waals surface area contributed by atoms with Crippen molar-refractivity contribution in [1.82, 2.24) is 0 Å². The largest absolute Gasteiger partial charge is 0.380 e. The van der Waals surface area contributed by atoms with Crippen LogP contribution in [-0.4, -0.2) is 10.8 Å². The number of nitrogens with zero attached hydrogens (tertiary/aromatic N) is 1. The van der Waals surface area contributed by atoms with Crippen LogP contribution in [0.1, 0.15) is 20.8 Å². The summed E-state index contributed by atoms with van der Waals surface area (Å²) < 4.78 is 0. The van der Waals surface area contributed by atoms with Crippen LogP contribution in [0, 0.1) is 17.0 Å². The van der Waals surface area contributed by atoms with Gasteiger partial charge in [0.25, 0.3) is 5.69 Å². The van der Waals surface area contributed by atoms with Crippen molar-refractivity contribution in [1.29, 1.82) is 0 Å². The number of amides is 1. The fraction of sp³-hybridized carbons (Fsp3) is 0.154. The Kier molecular flexibility index (Phi) is 3.99. The maximum Gasteiger partial charge on any atom is 0.269 e. The summed E-state index contributed by atoms with van der Waals surface area (Å²) in [5.74, 6) is -0.445. The van der Waals surface area contributed by atoms with Crippen LogP contribution in [0.25, 0.3) is 0 Å².